The van der Waals surface area contributed by atoms with Crippen LogP contribution in [0.25, 0.3) is 10.9 Å². The molecule has 45 heavy (non-hydrogen) atoms. The first kappa shape index (κ1) is 35.8. The van der Waals surface area contributed by atoms with Crippen LogP contribution in [0.4, 0.5) is 0 Å². The number of H-pyrrole nitrogens is 1. The molecule has 0 saturated carbocycles. The third-order valence-corrected chi connectivity index (χ3v) is 6.63. The Morgan fingerprint density at radius 2 is 1.31 bits per heavy atom. The number of aromatic amines is 1. The van der Waals surface area contributed by atoms with Crippen LogP contribution in [0.2, 0.25) is 0 Å². The van der Waals surface area contributed by atoms with E-state index in [0.29, 0.717) is 5.56 Å². The average Bonchev–Trinajstić information content (AvgIpc) is 3.37. The molecule has 0 aliphatic carbocycles. The fraction of sp³-hybridized carbons (Fsp3) is 0.444. The molecule has 1 heterocycles. The maximum Gasteiger partial charge on any atom is 0.326 e. The molecule has 0 bridgehead atoms. The average molecular weight is 631 g/mol. The predicted octanol–water partition coefficient (Wildman–Crippen LogP) is -3.44. The van der Waals surface area contributed by atoms with Crippen LogP contribution in [0.1, 0.15) is 37.7 Å². The van der Waals surface area contributed by atoms with Crippen LogP contribution in [0.3, 0.4) is 0 Å². The number of carbonyl (C=O) groups is 5. The van der Waals surface area contributed by atoms with Gasteiger partial charge < -0.3 is 60.4 Å². The van der Waals surface area contributed by atoms with E-state index in [1.54, 1.807) is 6.20 Å². The van der Waals surface area contributed by atoms with Crippen molar-refractivity contribution in [3.05, 3.63) is 36.0 Å². The van der Waals surface area contributed by atoms with Gasteiger partial charge in [-0.05, 0) is 37.3 Å². The molecule has 1 aromatic carbocycles. The Bertz CT molecular complexity index is 1400. The van der Waals surface area contributed by atoms with E-state index in [1.165, 1.54) is 0 Å². The zero-order chi connectivity index (χ0) is 33.5. The lowest BCUT2D eigenvalue weighted by atomic mass is 10.0. The summed E-state index contributed by atoms with van der Waals surface area (Å²) in [6, 6.07) is 2.17. The molecule has 17 N–H and O–H groups in total. The zero-order valence-electron chi connectivity index (χ0n) is 24.7. The molecule has 0 radical (unpaired) electrons. The molecule has 18 nitrogen and oxygen atoms in total. The van der Waals surface area contributed by atoms with Gasteiger partial charge in [0.1, 0.15) is 18.1 Å². The number of nitrogens with two attached hydrogens (primary N) is 6. The van der Waals surface area contributed by atoms with E-state index < -0.39 is 60.2 Å². The third-order valence-electron chi connectivity index (χ3n) is 6.63. The number of primary amides is 1. The quantitative estimate of drug-likeness (QED) is 0.0412. The zero-order valence-corrected chi connectivity index (χ0v) is 24.7. The topological polar surface area (TPSA) is 338 Å². The highest BCUT2D eigenvalue weighted by molar-refractivity contribution is 5.95. The number of benzene rings is 1. The van der Waals surface area contributed by atoms with Crippen LogP contribution < -0.4 is 50.4 Å². The summed E-state index contributed by atoms with van der Waals surface area (Å²) < 4.78 is 0. The molecule has 0 aliphatic heterocycles. The van der Waals surface area contributed by atoms with E-state index in [0.717, 1.165) is 10.9 Å². The van der Waals surface area contributed by atoms with Crippen LogP contribution in [-0.4, -0.2) is 88.9 Å². The summed E-state index contributed by atoms with van der Waals surface area (Å²) in [4.78, 5) is 73.8. The van der Waals surface area contributed by atoms with Gasteiger partial charge in [-0.25, -0.2) is 4.79 Å². The SMILES string of the molecule is NC(=O)CC(N)C(=O)NC(Cc1c[nH]c2ccccc12)C(=O)NC(CCCN=C(N)N)C(=O)NC(CCCN=C(N)N)C(=O)O. The fourth-order valence-corrected chi connectivity index (χ4v) is 4.40. The van der Waals surface area contributed by atoms with Crippen molar-refractivity contribution in [2.45, 2.75) is 62.7 Å². The highest BCUT2D eigenvalue weighted by atomic mass is 16.4. The number of amides is 4. The molecule has 4 unspecified atom stereocenters. The standard InChI is InChI=1S/C27H42N12O6/c28-16(12-21(29)40)22(41)39-20(11-14-13-36-17-6-2-1-5-15(14)17)24(43)37-18(7-3-9-34-26(30)31)23(42)38-19(25(44)45)8-4-10-35-27(32)33/h1-2,5-6,13,16,18-20,36H,3-4,7-12,28H2,(H2,29,40)(H,37,43)(H,38,42)(H,39,41)(H,44,45)(H4,30,31,34)(H4,32,33,35). The second kappa shape index (κ2) is 17.7. The first-order valence-corrected chi connectivity index (χ1v) is 14.1. The van der Waals surface area contributed by atoms with E-state index >= 15 is 0 Å². The number of para-hydroxylation sites is 1. The number of aromatic nitrogens is 1. The Kier molecular flexibility index (Phi) is 14.1. The molecule has 0 aliphatic rings. The molecule has 4 amide bonds. The molecule has 246 valence electrons. The van der Waals surface area contributed by atoms with Crippen LogP contribution in [-0.2, 0) is 30.4 Å². The van der Waals surface area contributed by atoms with Crippen LogP contribution in [0.15, 0.2) is 40.4 Å². The van der Waals surface area contributed by atoms with Gasteiger partial charge in [0.25, 0.3) is 0 Å². The number of aliphatic imine (C=N–C) groups is 2. The lowest BCUT2D eigenvalue weighted by Crippen LogP contribution is -2.57. The number of aliphatic carboxylic acids is 1. The highest BCUT2D eigenvalue weighted by Crippen LogP contribution is 2.19. The third kappa shape index (κ3) is 12.4. The van der Waals surface area contributed by atoms with Gasteiger partial charge in [0.15, 0.2) is 11.9 Å². The number of rotatable bonds is 19. The minimum Gasteiger partial charge on any atom is -0.480 e. The molecular weight excluding hydrogens is 588 g/mol. The van der Waals surface area contributed by atoms with Crippen LogP contribution in [0, 0.1) is 0 Å². The van der Waals surface area contributed by atoms with E-state index in [-0.39, 0.29) is 57.1 Å². The maximum atomic E-state index is 13.7. The summed E-state index contributed by atoms with van der Waals surface area (Å²) in [6.07, 6.45) is 1.72. The van der Waals surface area contributed by atoms with Crippen molar-refractivity contribution in [2.24, 2.45) is 44.4 Å². The maximum absolute atomic E-state index is 13.7. The van der Waals surface area contributed by atoms with Crippen LogP contribution in [0.5, 0.6) is 0 Å². The molecule has 1 aromatic heterocycles. The number of hydrogen-bond donors (Lipinski definition) is 11. The summed E-state index contributed by atoms with van der Waals surface area (Å²) >= 11 is 0. The molecule has 0 fully saturated rings. The lowest BCUT2D eigenvalue weighted by Gasteiger charge is -2.25. The number of fused-ring (bicyclic) bond motifs is 1. The van der Waals surface area contributed by atoms with Gasteiger partial charge >= 0.3 is 5.97 Å². The molecule has 2 aromatic rings. The predicted molar refractivity (Wildman–Crippen MR) is 167 cm³/mol. The lowest BCUT2D eigenvalue weighted by molar-refractivity contribution is -0.142. The van der Waals surface area contributed by atoms with Gasteiger partial charge in [0.05, 0.1) is 12.5 Å². The first-order chi connectivity index (χ1) is 21.3. The Morgan fingerprint density at radius 1 is 0.778 bits per heavy atom. The normalized spacial score (nSPS) is 13.4. The van der Waals surface area contributed by atoms with Crippen molar-refractivity contribution in [2.75, 3.05) is 13.1 Å². The number of nitrogens with one attached hydrogen (secondary N) is 4. The largest absolute Gasteiger partial charge is 0.480 e. The summed E-state index contributed by atoms with van der Waals surface area (Å²) in [6.45, 7) is 0.272. The summed E-state index contributed by atoms with van der Waals surface area (Å²) in [5.74, 6) is -4.79. The Balaban J connectivity index is 2.30. The van der Waals surface area contributed by atoms with Gasteiger partial charge in [-0.2, -0.15) is 0 Å². The molecular formula is C27H42N12O6. The van der Waals surface area contributed by atoms with E-state index in [4.69, 9.17) is 34.4 Å². The van der Waals surface area contributed by atoms with Crippen molar-refractivity contribution in [3.63, 3.8) is 0 Å². The highest BCUT2D eigenvalue weighted by Gasteiger charge is 2.31. The molecule has 18 heteroatoms. The monoisotopic (exact) mass is 630 g/mol. The molecule has 4 atom stereocenters. The number of guanidine groups is 2. The number of hydrogen-bond acceptors (Lipinski definition) is 8. The minimum atomic E-state index is -1.32. The van der Waals surface area contributed by atoms with Gasteiger partial charge in [0, 0.05) is 36.6 Å². The fourth-order valence-electron chi connectivity index (χ4n) is 4.40. The number of carboxylic acids is 1. The number of carbonyl (C=O) groups excluding carboxylic acids is 4. The van der Waals surface area contributed by atoms with Gasteiger partial charge in [-0.3, -0.25) is 29.2 Å². The van der Waals surface area contributed by atoms with Crippen molar-refractivity contribution in [1.82, 2.24) is 20.9 Å². The van der Waals surface area contributed by atoms with E-state index in [1.807, 2.05) is 24.3 Å². The van der Waals surface area contributed by atoms with Gasteiger partial charge in [0.2, 0.25) is 23.6 Å². The Hall–Kier alpha value is -5.39. The van der Waals surface area contributed by atoms with E-state index in [2.05, 4.69) is 30.9 Å². The Labute approximate surface area is 258 Å². The second-order valence-electron chi connectivity index (χ2n) is 10.3. The van der Waals surface area contributed by atoms with E-state index in [9.17, 15) is 29.1 Å². The number of carboxylic acid groups (broad SMARTS) is 1. The second-order valence-corrected chi connectivity index (χ2v) is 10.3. The minimum absolute atomic E-state index is 0.00349. The molecule has 2 rings (SSSR count). The van der Waals surface area contributed by atoms with Gasteiger partial charge in [-0.15, -0.1) is 0 Å². The van der Waals surface area contributed by atoms with Crippen molar-refractivity contribution in [3.8, 4) is 0 Å². The smallest absolute Gasteiger partial charge is 0.326 e. The van der Waals surface area contributed by atoms with Crippen molar-refractivity contribution in [1.29, 1.82) is 0 Å². The summed E-state index contributed by atoms with van der Waals surface area (Å²) in [7, 11) is 0. The molecule has 0 spiro atoms. The molecule has 0 saturated heterocycles. The van der Waals surface area contributed by atoms with Gasteiger partial charge in [-0.1, -0.05) is 18.2 Å². The van der Waals surface area contributed by atoms with Crippen molar-refractivity contribution < 1.29 is 29.1 Å². The Morgan fingerprint density at radius 3 is 1.89 bits per heavy atom. The summed E-state index contributed by atoms with van der Waals surface area (Å²) in [5.41, 5.74) is 33.8. The van der Waals surface area contributed by atoms with Crippen molar-refractivity contribution >= 4 is 52.4 Å². The number of nitrogens with zero attached hydrogens (tertiary/aromatic N) is 2. The van der Waals surface area contributed by atoms with Crippen LogP contribution >= 0.6 is 0 Å². The first-order valence-electron chi connectivity index (χ1n) is 14.1. The summed E-state index contributed by atoms with van der Waals surface area (Å²) in [5, 5.41) is 18.1.